The third-order valence-electron chi connectivity index (χ3n) is 2.97. The van der Waals surface area contributed by atoms with Crippen molar-refractivity contribution < 1.29 is 0 Å². The number of rotatable bonds is 4. The van der Waals surface area contributed by atoms with Gasteiger partial charge >= 0.3 is 0 Å². The van der Waals surface area contributed by atoms with Crippen molar-refractivity contribution in [3.8, 4) is 6.07 Å². The van der Waals surface area contributed by atoms with E-state index < -0.39 is 0 Å². The zero-order valence-corrected chi connectivity index (χ0v) is 12.6. The minimum absolute atomic E-state index is 0.171. The second-order valence-electron chi connectivity index (χ2n) is 4.80. The second-order valence-corrected chi connectivity index (χ2v) is 6.11. The number of benzene rings is 1. The van der Waals surface area contributed by atoms with Gasteiger partial charge in [-0.25, -0.2) is 0 Å². The molecule has 1 heterocycles. The SMILES string of the molecule is CC(C)n1c(N)nnc1S[C@H](C)c1cccc(C#N)c1. The number of nitriles is 1. The van der Waals surface area contributed by atoms with Gasteiger partial charge in [-0.05, 0) is 38.5 Å². The molecule has 2 aromatic rings. The fraction of sp³-hybridized carbons (Fsp3) is 0.357. The minimum atomic E-state index is 0.171. The maximum atomic E-state index is 8.95. The van der Waals surface area contributed by atoms with E-state index in [1.54, 1.807) is 17.8 Å². The number of thioether (sulfide) groups is 1. The molecule has 1 atom stereocenters. The van der Waals surface area contributed by atoms with Crippen molar-refractivity contribution >= 4 is 17.7 Å². The second kappa shape index (κ2) is 5.97. The predicted octanol–water partition coefficient (Wildman–Crippen LogP) is 3.17. The summed E-state index contributed by atoms with van der Waals surface area (Å²) >= 11 is 1.59. The summed E-state index contributed by atoms with van der Waals surface area (Å²) in [6, 6.07) is 9.98. The molecule has 0 aliphatic rings. The molecule has 0 saturated heterocycles. The zero-order chi connectivity index (χ0) is 14.7. The van der Waals surface area contributed by atoms with Crippen molar-refractivity contribution in [1.29, 1.82) is 5.26 Å². The van der Waals surface area contributed by atoms with E-state index in [4.69, 9.17) is 11.0 Å². The lowest BCUT2D eigenvalue weighted by Gasteiger charge is -2.15. The highest BCUT2D eigenvalue weighted by Gasteiger charge is 2.17. The summed E-state index contributed by atoms with van der Waals surface area (Å²) in [5.41, 5.74) is 7.59. The van der Waals surface area contributed by atoms with Crippen LogP contribution in [0.3, 0.4) is 0 Å². The molecule has 2 rings (SSSR count). The summed E-state index contributed by atoms with van der Waals surface area (Å²) in [4.78, 5) is 0. The van der Waals surface area contributed by atoms with Crippen LogP contribution in [0, 0.1) is 11.3 Å². The standard InChI is InChI=1S/C14H17N5S/c1-9(2)19-13(16)17-18-14(19)20-10(3)12-6-4-5-11(7-12)8-15/h4-7,9-10H,1-3H3,(H2,16,17)/t10-/m1/s1. The molecule has 0 saturated carbocycles. The summed E-state index contributed by atoms with van der Waals surface area (Å²) < 4.78 is 1.91. The fourth-order valence-electron chi connectivity index (χ4n) is 1.94. The summed E-state index contributed by atoms with van der Waals surface area (Å²) in [6.07, 6.45) is 0. The van der Waals surface area contributed by atoms with Gasteiger partial charge in [0.15, 0.2) is 5.16 Å². The average molecular weight is 287 g/mol. The molecule has 104 valence electrons. The molecule has 0 radical (unpaired) electrons. The van der Waals surface area contributed by atoms with Crippen LogP contribution in [0.25, 0.3) is 0 Å². The van der Waals surface area contributed by atoms with E-state index in [-0.39, 0.29) is 11.3 Å². The van der Waals surface area contributed by atoms with Crippen molar-refractivity contribution in [3.63, 3.8) is 0 Å². The largest absolute Gasteiger partial charge is 0.368 e. The van der Waals surface area contributed by atoms with E-state index in [2.05, 4.69) is 23.2 Å². The fourth-order valence-corrected chi connectivity index (χ4v) is 3.05. The smallest absolute Gasteiger partial charge is 0.222 e. The highest BCUT2D eigenvalue weighted by molar-refractivity contribution is 7.99. The molecule has 1 aromatic carbocycles. The van der Waals surface area contributed by atoms with Crippen LogP contribution in [0.4, 0.5) is 5.95 Å². The van der Waals surface area contributed by atoms with Gasteiger partial charge in [-0.15, -0.1) is 10.2 Å². The number of nitrogens with zero attached hydrogens (tertiary/aromatic N) is 4. The Morgan fingerprint density at radius 1 is 1.30 bits per heavy atom. The van der Waals surface area contributed by atoms with E-state index in [9.17, 15) is 0 Å². The number of hydrogen-bond donors (Lipinski definition) is 1. The topological polar surface area (TPSA) is 80.5 Å². The quantitative estimate of drug-likeness (QED) is 0.874. The average Bonchev–Trinajstić information content (AvgIpc) is 2.79. The van der Waals surface area contributed by atoms with E-state index in [0.717, 1.165) is 10.7 Å². The summed E-state index contributed by atoms with van der Waals surface area (Å²) in [6.45, 7) is 6.17. The molecule has 20 heavy (non-hydrogen) atoms. The Hall–Kier alpha value is -2.00. The summed E-state index contributed by atoms with van der Waals surface area (Å²) in [5, 5.41) is 18.0. The van der Waals surface area contributed by atoms with E-state index in [1.807, 2.05) is 36.6 Å². The van der Waals surface area contributed by atoms with Crippen LogP contribution in [-0.4, -0.2) is 14.8 Å². The molecule has 0 fully saturated rings. The van der Waals surface area contributed by atoms with Crippen molar-refractivity contribution in [2.75, 3.05) is 5.73 Å². The molecule has 5 nitrogen and oxygen atoms in total. The zero-order valence-electron chi connectivity index (χ0n) is 11.7. The normalized spacial score (nSPS) is 12.3. The summed E-state index contributed by atoms with van der Waals surface area (Å²) in [7, 11) is 0. The van der Waals surface area contributed by atoms with Crippen LogP contribution < -0.4 is 5.73 Å². The molecule has 1 aromatic heterocycles. The Labute approximate surface area is 122 Å². The maximum Gasteiger partial charge on any atom is 0.222 e. The van der Waals surface area contributed by atoms with Crippen LogP contribution in [0.2, 0.25) is 0 Å². The molecule has 2 N–H and O–H groups in total. The van der Waals surface area contributed by atoms with Crippen LogP contribution in [-0.2, 0) is 0 Å². The number of anilines is 1. The van der Waals surface area contributed by atoms with E-state index in [1.165, 1.54) is 0 Å². The van der Waals surface area contributed by atoms with E-state index >= 15 is 0 Å². The van der Waals surface area contributed by atoms with Crippen LogP contribution in [0.5, 0.6) is 0 Å². The Morgan fingerprint density at radius 3 is 2.70 bits per heavy atom. The Balaban J connectivity index is 2.24. The van der Waals surface area contributed by atoms with Gasteiger partial charge in [0.1, 0.15) is 0 Å². The third kappa shape index (κ3) is 2.94. The number of nitrogens with two attached hydrogens (primary N) is 1. The highest BCUT2D eigenvalue weighted by Crippen LogP contribution is 2.35. The molecule has 0 aliphatic heterocycles. The Morgan fingerprint density at radius 2 is 2.05 bits per heavy atom. The van der Waals surface area contributed by atoms with Gasteiger partial charge in [-0.1, -0.05) is 23.9 Å². The molecule has 0 aliphatic carbocycles. The molecule has 0 unspecified atom stereocenters. The third-order valence-corrected chi connectivity index (χ3v) is 4.09. The lowest BCUT2D eigenvalue weighted by atomic mass is 10.1. The first-order valence-electron chi connectivity index (χ1n) is 6.40. The van der Waals surface area contributed by atoms with Crippen molar-refractivity contribution in [3.05, 3.63) is 35.4 Å². The number of aromatic nitrogens is 3. The lowest BCUT2D eigenvalue weighted by molar-refractivity contribution is 0.556. The van der Waals surface area contributed by atoms with Gasteiger partial charge in [0.25, 0.3) is 0 Å². The molecule has 0 spiro atoms. The predicted molar refractivity (Wildman–Crippen MR) is 80.2 cm³/mol. The molecular formula is C14H17N5S. The summed E-state index contributed by atoms with van der Waals surface area (Å²) in [5.74, 6) is 0.431. The highest BCUT2D eigenvalue weighted by atomic mass is 32.2. The van der Waals surface area contributed by atoms with Gasteiger partial charge in [-0.2, -0.15) is 5.26 Å². The molecule has 0 bridgehead atoms. The van der Waals surface area contributed by atoms with E-state index in [0.29, 0.717) is 11.5 Å². The number of nitrogen functional groups attached to an aromatic ring is 1. The first kappa shape index (κ1) is 14.4. The minimum Gasteiger partial charge on any atom is -0.368 e. The van der Waals surface area contributed by atoms with Gasteiger partial charge in [0, 0.05) is 11.3 Å². The Kier molecular flexibility index (Phi) is 4.30. The van der Waals surface area contributed by atoms with Gasteiger partial charge in [-0.3, -0.25) is 4.57 Å². The molecule has 0 amide bonds. The van der Waals surface area contributed by atoms with Gasteiger partial charge in [0.2, 0.25) is 5.95 Å². The molecule has 6 heteroatoms. The Bertz CT molecular complexity index is 641. The lowest BCUT2D eigenvalue weighted by Crippen LogP contribution is -2.07. The van der Waals surface area contributed by atoms with Crippen LogP contribution >= 0.6 is 11.8 Å². The molecular weight excluding hydrogens is 270 g/mol. The maximum absolute atomic E-state index is 8.95. The van der Waals surface area contributed by atoms with Gasteiger partial charge in [0.05, 0.1) is 11.6 Å². The van der Waals surface area contributed by atoms with Crippen molar-refractivity contribution in [2.24, 2.45) is 0 Å². The van der Waals surface area contributed by atoms with Crippen molar-refractivity contribution in [2.45, 2.75) is 37.2 Å². The first-order valence-corrected chi connectivity index (χ1v) is 7.28. The first-order chi connectivity index (χ1) is 9.52. The van der Waals surface area contributed by atoms with Crippen molar-refractivity contribution in [1.82, 2.24) is 14.8 Å². The van der Waals surface area contributed by atoms with Crippen LogP contribution in [0.1, 0.15) is 43.2 Å². The monoisotopic (exact) mass is 287 g/mol. The number of hydrogen-bond acceptors (Lipinski definition) is 5. The van der Waals surface area contributed by atoms with Crippen LogP contribution in [0.15, 0.2) is 29.4 Å². The van der Waals surface area contributed by atoms with Gasteiger partial charge < -0.3 is 5.73 Å².